The van der Waals surface area contributed by atoms with Crippen LogP contribution in [-0.2, 0) is 55.8 Å². The number of rotatable bonds is 62. The number of esters is 3. The highest BCUT2D eigenvalue weighted by atomic mass is 31.2. The molecule has 0 rings (SSSR count). The molecule has 16 nitrogen and oxygen atoms in total. The molecule has 5 atom stereocenters. The third-order valence-electron chi connectivity index (χ3n) is 13.3. The molecule has 0 aromatic carbocycles. The van der Waals surface area contributed by atoms with Crippen molar-refractivity contribution in [3.63, 3.8) is 0 Å². The van der Waals surface area contributed by atoms with Crippen LogP contribution in [0, 0.1) is 0 Å². The summed E-state index contributed by atoms with van der Waals surface area (Å²) in [6.45, 7) is 2.35. The molecular weight excluding hydrogens is 1170 g/mol. The van der Waals surface area contributed by atoms with Crippen LogP contribution in [0.25, 0.3) is 0 Å². The number of carbonyl (C=O) groups is 3. The molecule has 0 amide bonds. The van der Waals surface area contributed by atoms with Crippen molar-refractivity contribution in [3.8, 4) is 0 Å². The summed E-state index contributed by atoms with van der Waals surface area (Å²) in [6, 6.07) is 0. The summed E-state index contributed by atoms with van der Waals surface area (Å²) < 4.78 is 60.8. The Morgan fingerprint density at radius 1 is 0.326 bits per heavy atom. The number of ether oxygens (including phenoxy) is 3. The fraction of sp³-hybridized carbons (Fsp3) is 0.648. The van der Waals surface area contributed by atoms with Gasteiger partial charge in [-0.1, -0.05) is 219 Å². The summed E-state index contributed by atoms with van der Waals surface area (Å²) in [5, 5.41) is 20.5. The summed E-state index contributed by atoms with van der Waals surface area (Å²) in [5.74, 6) is -1.66. The molecule has 18 heteroatoms. The van der Waals surface area contributed by atoms with Gasteiger partial charge in [-0.05, 0) is 135 Å². The predicted molar refractivity (Wildman–Crippen MR) is 362 cm³/mol. The molecule has 0 heterocycles. The number of unbranched alkanes of at least 4 members (excludes halogenated alkanes) is 17. The van der Waals surface area contributed by atoms with Gasteiger partial charge in [-0.3, -0.25) is 32.5 Å². The smallest absolute Gasteiger partial charge is 0.463 e. The van der Waals surface area contributed by atoms with Crippen LogP contribution in [0.5, 0.6) is 0 Å². The first-order chi connectivity index (χ1) is 43.2. The Labute approximate surface area is 537 Å². The highest BCUT2D eigenvalue weighted by Gasteiger charge is 2.29. The predicted octanol–water partition coefficient (Wildman–Crippen LogP) is 18.4. The fourth-order valence-corrected chi connectivity index (χ4v) is 9.79. The zero-order valence-corrected chi connectivity index (χ0v) is 56.6. The Kier molecular flexibility index (Phi) is 60.7. The Bertz CT molecular complexity index is 2160. The zero-order valence-electron chi connectivity index (χ0n) is 54.8. The van der Waals surface area contributed by atoms with Crippen LogP contribution >= 0.6 is 15.6 Å². The molecule has 0 spiro atoms. The van der Waals surface area contributed by atoms with Crippen LogP contribution < -0.4 is 0 Å². The van der Waals surface area contributed by atoms with Gasteiger partial charge in [0.05, 0.1) is 26.4 Å². The highest BCUT2D eigenvalue weighted by molar-refractivity contribution is 7.47. The molecule has 0 aliphatic rings. The van der Waals surface area contributed by atoms with E-state index in [1.165, 1.54) is 19.3 Å². The van der Waals surface area contributed by atoms with Gasteiger partial charge in [0, 0.05) is 19.3 Å². The van der Waals surface area contributed by atoms with E-state index in [0.717, 1.165) is 161 Å². The molecule has 0 bridgehead atoms. The number of aliphatic hydroxyl groups excluding tert-OH is 2. The number of hydrogen-bond acceptors (Lipinski definition) is 14. The third-order valence-corrected chi connectivity index (χ3v) is 15.2. The molecule has 5 unspecified atom stereocenters. The number of aliphatic hydroxyl groups is 2. The normalized spacial score (nSPS) is 15.1. The lowest BCUT2D eigenvalue weighted by Gasteiger charge is -2.21. The second-order valence-corrected chi connectivity index (χ2v) is 24.8. The first kappa shape index (κ1) is 84.7. The van der Waals surface area contributed by atoms with Gasteiger partial charge in [0.2, 0.25) is 0 Å². The average molecular weight is 1290 g/mol. The minimum Gasteiger partial charge on any atom is -0.463 e. The van der Waals surface area contributed by atoms with Gasteiger partial charge in [0.15, 0.2) is 6.10 Å². The van der Waals surface area contributed by atoms with Crippen molar-refractivity contribution in [3.05, 3.63) is 134 Å². The number of carbonyl (C=O) groups excluding carboxylic acids is 3. The maximum absolute atomic E-state index is 12.9. The lowest BCUT2D eigenvalue weighted by atomic mass is 10.1. The summed E-state index contributed by atoms with van der Waals surface area (Å²) in [7, 11) is -9.80. The molecule has 0 aromatic heterocycles. The molecular formula is C71H118O16P2. The monoisotopic (exact) mass is 1290 g/mol. The van der Waals surface area contributed by atoms with Crippen molar-refractivity contribution in [2.24, 2.45) is 0 Å². The highest BCUT2D eigenvalue weighted by Crippen LogP contribution is 2.45. The molecule has 0 radical (unpaired) electrons. The van der Waals surface area contributed by atoms with Crippen molar-refractivity contribution in [2.45, 2.75) is 257 Å². The standard InChI is InChI=1S/C71H118O16P2/c1-4-7-10-13-16-19-22-25-27-29-31-32-34-36-37-40-42-45-48-51-54-57-69(74)81-60-66(72)61-83-88(77,78)84-62-67(73)63-85-89(79,80)86-65-68(87-71(76)59-56-53-50-47-44-39-24-21-18-15-12-9-6-3)64-82-70(75)58-55-52-49-46-43-41-38-35-33-30-28-26-23-20-17-14-11-8-5-2/h7,10,12,15-17,19-21,24-28,31-33,35-37,42,45,66-68,72-73H,4-6,8-9,11,13-14,18,22-23,29-30,34,38-41,43-44,46-65H2,1-3H3,(H,77,78)(H,79,80)/b10-7-,15-12-,19-16-,20-17-,24-21-,27-25-,28-26-,32-31-,35-33-,37-36-,45-42-. The van der Waals surface area contributed by atoms with E-state index < -0.39 is 91.5 Å². The van der Waals surface area contributed by atoms with Gasteiger partial charge in [0.25, 0.3) is 0 Å². The summed E-state index contributed by atoms with van der Waals surface area (Å²) >= 11 is 0. The van der Waals surface area contributed by atoms with Gasteiger partial charge in [-0.2, -0.15) is 0 Å². The maximum Gasteiger partial charge on any atom is 0.472 e. The van der Waals surface area contributed by atoms with Crippen LogP contribution in [0.1, 0.15) is 239 Å². The first-order valence-electron chi connectivity index (χ1n) is 33.5. The van der Waals surface area contributed by atoms with Crippen molar-refractivity contribution in [2.75, 3.05) is 39.6 Å². The van der Waals surface area contributed by atoms with Crippen molar-refractivity contribution in [1.29, 1.82) is 0 Å². The Balaban J connectivity index is 4.71. The quantitative estimate of drug-likeness (QED) is 0.0146. The van der Waals surface area contributed by atoms with Crippen LogP contribution in [0.4, 0.5) is 0 Å². The fourth-order valence-electron chi connectivity index (χ4n) is 8.20. The van der Waals surface area contributed by atoms with Crippen molar-refractivity contribution in [1.82, 2.24) is 0 Å². The minimum absolute atomic E-state index is 0.0804. The zero-order chi connectivity index (χ0) is 65.3. The Morgan fingerprint density at radius 3 is 1.01 bits per heavy atom. The minimum atomic E-state index is -4.94. The molecule has 0 saturated heterocycles. The van der Waals surface area contributed by atoms with E-state index in [4.69, 9.17) is 32.3 Å². The molecule has 0 aliphatic carbocycles. The Morgan fingerprint density at radius 2 is 0.618 bits per heavy atom. The largest absolute Gasteiger partial charge is 0.472 e. The third kappa shape index (κ3) is 65.0. The van der Waals surface area contributed by atoms with Crippen LogP contribution in [-0.4, -0.2) is 95.9 Å². The van der Waals surface area contributed by atoms with E-state index in [0.29, 0.717) is 19.3 Å². The van der Waals surface area contributed by atoms with Crippen LogP contribution in [0.3, 0.4) is 0 Å². The first-order valence-corrected chi connectivity index (χ1v) is 36.5. The average Bonchev–Trinajstić information content (AvgIpc) is 3.55. The second-order valence-electron chi connectivity index (χ2n) is 21.9. The lowest BCUT2D eigenvalue weighted by Crippen LogP contribution is -2.30. The van der Waals surface area contributed by atoms with Gasteiger partial charge in [-0.25, -0.2) is 9.13 Å². The van der Waals surface area contributed by atoms with Crippen LogP contribution in [0.2, 0.25) is 0 Å². The summed E-state index contributed by atoms with van der Waals surface area (Å²) in [4.78, 5) is 58.3. The van der Waals surface area contributed by atoms with E-state index in [2.05, 4.69) is 154 Å². The molecule has 89 heavy (non-hydrogen) atoms. The molecule has 0 saturated carbocycles. The number of allylic oxidation sites excluding steroid dienone is 22. The van der Waals surface area contributed by atoms with E-state index >= 15 is 0 Å². The molecule has 0 aliphatic heterocycles. The maximum atomic E-state index is 12.9. The van der Waals surface area contributed by atoms with Gasteiger partial charge in [-0.15, -0.1) is 0 Å². The van der Waals surface area contributed by atoms with Crippen molar-refractivity contribution < 1.29 is 75.8 Å². The number of phosphoric acid groups is 2. The van der Waals surface area contributed by atoms with E-state index in [1.54, 1.807) is 0 Å². The second kappa shape index (κ2) is 63.8. The van der Waals surface area contributed by atoms with Gasteiger partial charge < -0.3 is 34.2 Å². The summed E-state index contributed by atoms with van der Waals surface area (Å²) in [6.07, 6.45) is 73.6. The van der Waals surface area contributed by atoms with E-state index in [-0.39, 0.29) is 19.3 Å². The topological polar surface area (TPSA) is 231 Å². The van der Waals surface area contributed by atoms with E-state index in [9.17, 15) is 43.5 Å². The summed E-state index contributed by atoms with van der Waals surface area (Å²) in [5.41, 5.74) is 0. The number of phosphoric ester groups is 2. The van der Waals surface area contributed by atoms with E-state index in [1.807, 2.05) is 0 Å². The SMILES string of the molecule is CC/C=C\C/C=C\C/C=C\C/C=C\C/C=C\C/C=C\CCCCC(=O)OCC(O)COP(=O)(O)OCC(O)COP(=O)(O)OCC(COC(=O)CCCCCCCC/C=C\C/C=C\C/C=C\CCCCC)OC(=O)CCCCCCC/C=C\C/C=C\CCC. The van der Waals surface area contributed by atoms with Gasteiger partial charge >= 0.3 is 33.6 Å². The van der Waals surface area contributed by atoms with Gasteiger partial charge in [0.1, 0.15) is 25.4 Å². The lowest BCUT2D eigenvalue weighted by molar-refractivity contribution is -0.161. The molecule has 0 fully saturated rings. The molecule has 508 valence electrons. The van der Waals surface area contributed by atoms with Crippen molar-refractivity contribution >= 4 is 33.6 Å². The Hall–Kier alpha value is -4.31. The molecule has 4 N–H and O–H groups in total. The number of hydrogen-bond donors (Lipinski definition) is 4. The van der Waals surface area contributed by atoms with Crippen LogP contribution in [0.15, 0.2) is 134 Å². The molecule has 0 aromatic rings.